The molecular formula is C26H40N4O4. The highest BCUT2D eigenvalue weighted by Crippen LogP contribution is 2.32. The third-order valence-corrected chi connectivity index (χ3v) is 6.61. The third kappa shape index (κ3) is 8.24. The average Bonchev–Trinajstić information content (AvgIpc) is 3.19. The minimum Gasteiger partial charge on any atom is -0.382 e. The quantitative estimate of drug-likeness (QED) is 0.337. The molecule has 8 nitrogen and oxygen atoms in total. The Bertz CT molecular complexity index is 787. The Labute approximate surface area is 203 Å². The molecule has 0 spiro atoms. The first-order valence-corrected chi connectivity index (χ1v) is 12.5. The first-order chi connectivity index (χ1) is 16.5. The molecule has 3 rings (SSSR count). The van der Waals surface area contributed by atoms with Gasteiger partial charge in [0.1, 0.15) is 6.29 Å². The van der Waals surface area contributed by atoms with E-state index in [1.165, 1.54) is 12.0 Å². The van der Waals surface area contributed by atoms with Gasteiger partial charge in [0.2, 0.25) is 12.8 Å². The third-order valence-electron chi connectivity index (χ3n) is 6.61. The van der Waals surface area contributed by atoms with Gasteiger partial charge in [0, 0.05) is 55.0 Å². The van der Waals surface area contributed by atoms with Crippen LogP contribution in [0.2, 0.25) is 0 Å². The van der Waals surface area contributed by atoms with Gasteiger partial charge >= 0.3 is 0 Å². The number of hydrogen-bond acceptors (Lipinski definition) is 6. The summed E-state index contributed by atoms with van der Waals surface area (Å²) in [7, 11) is 0. The summed E-state index contributed by atoms with van der Waals surface area (Å²) in [6.45, 7) is 8.46. The molecule has 1 aromatic rings. The molecule has 2 aliphatic heterocycles. The van der Waals surface area contributed by atoms with Crippen molar-refractivity contribution in [2.45, 2.75) is 83.8 Å². The number of hydrogen-bond donors (Lipinski definition) is 2. The number of nitrogens with one attached hydrogen (secondary N) is 2. The fourth-order valence-electron chi connectivity index (χ4n) is 4.71. The van der Waals surface area contributed by atoms with Gasteiger partial charge in [0.25, 0.3) is 5.91 Å². The molecule has 34 heavy (non-hydrogen) atoms. The number of rotatable bonds is 13. The van der Waals surface area contributed by atoms with Crippen molar-refractivity contribution in [3.8, 4) is 0 Å². The second-order valence-electron chi connectivity index (χ2n) is 9.08. The number of carbonyl (C=O) groups is 4. The number of carbonyl (C=O) groups excluding carboxylic acids is 4. The smallest absolute Gasteiger partial charge is 0.254 e. The standard InChI is InChI=1S/C24H37N3O2.C2H3NO2/c1-3-9-19(2)27-18-22-21(24(27)29)10-8-11-23(22)25-20-12-15-26(16-13-20)14-6-4-5-7-17-28;4-1-3-2-5/h8,10-11,17,19-20,25H,3-7,9,12-16,18H2,1-2H3;1-2H,(H,3,4,5). The fraction of sp³-hybridized carbons (Fsp3) is 0.615. The molecule has 2 aliphatic rings. The van der Waals surface area contributed by atoms with Crippen LogP contribution in [-0.4, -0.2) is 66.5 Å². The summed E-state index contributed by atoms with van der Waals surface area (Å²) in [5, 5.41) is 5.50. The van der Waals surface area contributed by atoms with E-state index in [4.69, 9.17) is 9.59 Å². The lowest BCUT2D eigenvalue weighted by Crippen LogP contribution is -2.39. The normalized spacial score (nSPS) is 16.8. The molecule has 2 heterocycles. The number of piperidine rings is 1. The lowest BCUT2D eigenvalue weighted by molar-refractivity contribution is -0.117. The van der Waals surface area contributed by atoms with Crippen LogP contribution in [0.4, 0.5) is 5.69 Å². The van der Waals surface area contributed by atoms with E-state index in [1.54, 1.807) is 5.32 Å². The maximum absolute atomic E-state index is 12.8. The van der Waals surface area contributed by atoms with Crippen LogP contribution in [0.5, 0.6) is 0 Å². The van der Waals surface area contributed by atoms with Crippen LogP contribution in [0.3, 0.4) is 0 Å². The van der Waals surface area contributed by atoms with Crippen LogP contribution in [0.25, 0.3) is 0 Å². The minimum absolute atomic E-state index is 0.189. The van der Waals surface area contributed by atoms with E-state index in [0.717, 1.165) is 82.2 Å². The molecule has 0 saturated carbocycles. The monoisotopic (exact) mass is 472 g/mol. The van der Waals surface area contributed by atoms with E-state index >= 15 is 0 Å². The van der Waals surface area contributed by atoms with E-state index in [9.17, 15) is 9.59 Å². The van der Waals surface area contributed by atoms with E-state index in [2.05, 4.69) is 30.1 Å². The molecule has 0 radical (unpaired) electrons. The number of benzene rings is 1. The number of unbranched alkanes of at least 4 members (excludes halogenated alkanes) is 3. The van der Waals surface area contributed by atoms with E-state index in [1.807, 2.05) is 17.0 Å². The molecule has 0 bridgehead atoms. The molecule has 8 heteroatoms. The molecule has 1 unspecified atom stereocenters. The Kier molecular flexibility index (Phi) is 12.3. The van der Waals surface area contributed by atoms with Gasteiger partial charge in [-0.2, -0.15) is 0 Å². The zero-order valence-corrected chi connectivity index (χ0v) is 20.6. The van der Waals surface area contributed by atoms with Gasteiger partial charge in [-0.3, -0.25) is 14.4 Å². The van der Waals surface area contributed by atoms with E-state index in [0.29, 0.717) is 31.3 Å². The van der Waals surface area contributed by atoms with Crippen molar-refractivity contribution in [2.24, 2.45) is 0 Å². The number of nitrogens with zero attached hydrogens (tertiary/aromatic N) is 2. The number of imide groups is 1. The van der Waals surface area contributed by atoms with Gasteiger partial charge in [-0.05, 0) is 57.7 Å². The Morgan fingerprint density at radius 1 is 1.09 bits per heavy atom. The summed E-state index contributed by atoms with van der Waals surface area (Å²) in [5.41, 5.74) is 3.21. The van der Waals surface area contributed by atoms with Crippen LogP contribution in [0, 0.1) is 0 Å². The second kappa shape index (κ2) is 15.2. The summed E-state index contributed by atoms with van der Waals surface area (Å²) in [5.74, 6) is 0.189. The number of amides is 3. The highest BCUT2D eigenvalue weighted by atomic mass is 16.2. The first kappa shape index (κ1) is 27.5. The molecule has 0 aromatic heterocycles. The maximum Gasteiger partial charge on any atom is 0.254 e. The van der Waals surface area contributed by atoms with Gasteiger partial charge in [-0.25, -0.2) is 0 Å². The minimum atomic E-state index is 0.189. The van der Waals surface area contributed by atoms with Crippen molar-refractivity contribution in [3.05, 3.63) is 29.3 Å². The van der Waals surface area contributed by atoms with Crippen LogP contribution < -0.4 is 10.6 Å². The second-order valence-corrected chi connectivity index (χ2v) is 9.08. The summed E-state index contributed by atoms with van der Waals surface area (Å²) < 4.78 is 0. The van der Waals surface area contributed by atoms with Gasteiger partial charge in [-0.1, -0.05) is 25.8 Å². The maximum atomic E-state index is 12.8. The molecule has 3 amide bonds. The molecular weight excluding hydrogens is 432 g/mol. The van der Waals surface area contributed by atoms with Crippen LogP contribution >= 0.6 is 0 Å². The van der Waals surface area contributed by atoms with E-state index < -0.39 is 0 Å². The molecule has 1 fully saturated rings. The van der Waals surface area contributed by atoms with Crippen molar-refractivity contribution in [2.75, 3.05) is 25.0 Å². The molecule has 188 valence electrons. The molecule has 0 aliphatic carbocycles. The topological polar surface area (TPSA) is 98.8 Å². The highest BCUT2D eigenvalue weighted by Gasteiger charge is 2.32. The zero-order chi connectivity index (χ0) is 24.8. The Hall–Kier alpha value is -2.74. The van der Waals surface area contributed by atoms with Crippen molar-refractivity contribution in [1.29, 1.82) is 0 Å². The summed E-state index contributed by atoms with van der Waals surface area (Å²) in [4.78, 5) is 45.9. The van der Waals surface area contributed by atoms with Crippen molar-refractivity contribution in [1.82, 2.24) is 15.1 Å². The van der Waals surface area contributed by atoms with Crippen LogP contribution in [0.1, 0.15) is 81.1 Å². The van der Waals surface area contributed by atoms with Gasteiger partial charge in [0.15, 0.2) is 0 Å². The lowest BCUT2D eigenvalue weighted by atomic mass is 10.0. The Balaban J connectivity index is 0.000000739. The summed E-state index contributed by atoms with van der Waals surface area (Å²) in [6, 6.07) is 6.91. The largest absolute Gasteiger partial charge is 0.382 e. The fourth-order valence-corrected chi connectivity index (χ4v) is 4.71. The van der Waals surface area contributed by atoms with Crippen molar-refractivity contribution < 1.29 is 19.2 Å². The average molecular weight is 473 g/mol. The summed E-state index contributed by atoms with van der Waals surface area (Å²) >= 11 is 0. The van der Waals surface area contributed by atoms with Crippen LogP contribution in [-0.2, 0) is 20.9 Å². The molecule has 1 saturated heterocycles. The molecule has 2 N–H and O–H groups in total. The Morgan fingerprint density at radius 2 is 1.82 bits per heavy atom. The number of likely N-dealkylation sites (tertiary alicyclic amines) is 1. The lowest BCUT2D eigenvalue weighted by Gasteiger charge is -2.33. The van der Waals surface area contributed by atoms with Gasteiger partial charge < -0.3 is 25.2 Å². The van der Waals surface area contributed by atoms with Crippen molar-refractivity contribution >= 4 is 30.7 Å². The number of aldehydes is 1. The Morgan fingerprint density at radius 3 is 2.44 bits per heavy atom. The number of anilines is 1. The predicted octanol–water partition coefficient (Wildman–Crippen LogP) is 3.36. The van der Waals surface area contributed by atoms with Crippen molar-refractivity contribution in [3.63, 3.8) is 0 Å². The van der Waals surface area contributed by atoms with E-state index in [-0.39, 0.29) is 5.91 Å². The summed E-state index contributed by atoms with van der Waals surface area (Å²) in [6.07, 6.45) is 10.1. The van der Waals surface area contributed by atoms with Gasteiger partial charge in [-0.15, -0.1) is 0 Å². The highest BCUT2D eigenvalue weighted by molar-refractivity contribution is 6.00. The number of fused-ring (bicyclic) bond motifs is 1. The van der Waals surface area contributed by atoms with Gasteiger partial charge in [0.05, 0.1) is 0 Å². The molecule has 1 aromatic carbocycles. The zero-order valence-electron chi connectivity index (χ0n) is 20.6. The van der Waals surface area contributed by atoms with Crippen LogP contribution in [0.15, 0.2) is 18.2 Å². The first-order valence-electron chi connectivity index (χ1n) is 12.5. The SMILES string of the molecule is CCCC(C)N1Cc2c(NC3CCN(CCCCCC=O)CC3)cccc2C1=O.O=CNC=O. The molecule has 1 atom stereocenters. The predicted molar refractivity (Wildman–Crippen MR) is 134 cm³/mol.